The van der Waals surface area contributed by atoms with Crippen molar-refractivity contribution in [1.29, 1.82) is 0 Å². The maximum Gasteiger partial charge on any atom is 0.407 e. The third-order valence-corrected chi connectivity index (χ3v) is 10.5. The zero-order valence-electron chi connectivity index (χ0n) is 32.3. The van der Waals surface area contributed by atoms with Crippen LogP contribution in [0.25, 0.3) is 0 Å². The molecule has 3 amide bonds. The summed E-state index contributed by atoms with van der Waals surface area (Å²) in [7, 11) is 1.70. The number of benzene rings is 2. The number of Topliss-reactive ketones (excluding diaryl/α,β-unsaturated/α-hetero) is 1. The van der Waals surface area contributed by atoms with Crippen LogP contribution in [0.5, 0.6) is 0 Å². The number of ketones is 1. The predicted octanol–water partition coefficient (Wildman–Crippen LogP) is 6.12. The SMILES string of the molecule is CC(C)c1nc(CN(C)C(=O)N[C@@H](CCN)C(=O)C[C@H](CC[C@H](Cc2ccccc2)NC(=O)OCc2cncs2)Cc2ccccc2)cs1.O=CCOCC=O. The summed E-state index contributed by atoms with van der Waals surface area (Å²) >= 11 is 3.02. The number of carbonyl (C=O) groups is 5. The highest BCUT2D eigenvalue weighted by Crippen LogP contribution is 2.23. The van der Waals surface area contributed by atoms with Crippen LogP contribution < -0.4 is 16.4 Å². The number of ether oxygens (including phenoxy) is 2. The lowest BCUT2D eigenvalue weighted by Gasteiger charge is -2.25. The summed E-state index contributed by atoms with van der Waals surface area (Å²) in [4.78, 5) is 69.9. The average Bonchev–Trinajstić information content (AvgIpc) is 3.90. The van der Waals surface area contributed by atoms with Gasteiger partial charge in [0.1, 0.15) is 32.4 Å². The Bertz CT molecular complexity index is 1720. The van der Waals surface area contributed by atoms with Crippen LogP contribution >= 0.6 is 22.7 Å². The van der Waals surface area contributed by atoms with Crippen molar-refractivity contribution < 1.29 is 33.4 Å². The van der Waals surface area contributed by atoms with E-state index in [0.717, 1.165) is 26.7 Å². The highest BCUT2D eigenvalue weighted by Gasteiger charge is 2.26. The van der Waals surface area contributed by atoms with E-state index in [0.29, 0.717) is 57.1 Å². The van der Waals surface area contributed by atoms with Gasteiger partial charge in [-0.2, -0.15) is 0 Å². The van der Waals surface area contributed by atoms with Crippen molar-refractivity contribution in [2.24, 2.45) is 11.7 Å². The molecule has 4 rings (SSSR count). The zero-order chi connectivity index (χ0) is 40.5. The number of nitrogens with two attached hydrogens (primary N) is 1. The quantitative estimate of drug-likeness (QED) is 0.0584. The van der Waals surface area contributed by atoms with Gasteiger partial charge in [0.2, 0.25) is 0 Å². The smallest absolute Gasteiger partial charge is 0.407 e. The van der Waals surface area contributed by atoms with Gasteiger partial charge >= 0.3 is 12.1 Å². The first-order chi connectivity index (χ1) is 27.1. The van der Waals surface area contributed by atoms with Gasteiger partial charge in [-0.05, 0) is 55.7 Å². The molecule has 0 spiro atoms. The molecule has 0 bridgehead atoms. The predicted molar refractivity (Wildman–Crippen MR) is 218 cm³/mol. The molecule has 0 saturated carbocycles. The van der Waals surface area contributed by atoms with Gasteiger partial charge in [-0.15, -0.1) is 22.7 Å². The molecule has 2 aromatic carbocycles. The lowest BCUT2D eigenvalue weighted by Crippen LogP contribution is -2.47. The van der Waals surface area contributed by atoms with Crippen LogP contribution in [0.3, 0.4) is 0 Å². The summed E-state index contributed by atoms with van der Waals surface area (Å²) in [6, 6.07) is 18.8. The van der Waals surface area contributed by atoms with Gasteiger partial charge in [-0.3, -0.25) is 9.78 Å². The summed E-state index contributed by atoms with van der Waals surface area (Å²) in [6.07, 6.45) is 5.63. The minimum absolute atomic E-state index is 0.0126. The maximum absolute atomic E-state index is 13.8. The lowest BCUT2D eigenvalue weighted by atomic mass is 9.86. The van der Waals surface area contributed by atoms with Gasteiger partial charge in [-0.25, -0.2) is 14.6 Å². The second-order valence-corrected chi connectivity index (χ2v) is 15.4. The second kappa shape index (κ2) is 26.1. The Hall–Kier alpha value is -4.83. The Morgan fingerprint density at radius 1 is 0.893 bits per heavy atom. The van der Waals surface area contributed by atoms with Crippen LogP contribution in [0.2, 0.25) is 0 Å². The molecular weight excluding hydrogens is 753 g/mol. The summed E-state index contributed by atoms with van der Waals surface area (Å²) < 4.78 is 9.89. The second-order valence-electron chi connectivity index (χ2n) is 13.5. The molecule has 3 atom stereocenters. The number of aromatic nitrogens is 2. The third-order valence-electron chi connectivity index (χ3n) is 8.58. The number of carbonyl (C=O) groups excluding carboxylic acids is 5. The van der Waals surface area contributed by atoms with E-state index in [1.165, 1.54) is 11.3 Å². The van der Waals surface area contributed by atoms with Crippen molar-refractivity contribution >= 4 is 53.2 Å². The van der Waals surface area contributed by atoms with E-state index in [1.54, 1.807) is 35.0 Å². The number of hydrogen-bond donors (Lipinski definition) is 3. The van der Waals surface area contributed by atoms with Gasteiger partial charge in [0, 0.05) is 37.0 Å². The fraction of sp³-hybridized carbons (Fsp3) is 0.439. The molecule has 0 fully saturated rings. The first-order valence-corrected chi connectivity index (χ1v) is 20.4. The van der Waals surface area contributed by atoms with Crippen molar-refractivity contribution in [3.8, 4) is 0 Å². The average molecular weight is 807 g/mol. The highest BCUT2D eigenvalue weighted by atomic mass is 32.1. The van der Waals surface area contributed by atoms with Crippen molar-refractivity contribution in [3.63, 3.8) is 0 Å². The van der Waals surface area contributed by atoms with Gasteiger partial charge in [-0.1, -0.05) is 74.5 Å². The first kappa shape index (κ1) is 45.6. The number of rotatable bonds is 23. The largest absolute Gasteiger partial charge is 0.444 e. The van der Waals surface area contributed by atoms with Crippen LogP contribution in [0, 0.1) is 5.92 Å². The minimum atomic E-state index is -0.708. The molecule has 15 heteroatoms. The lowest BCUT2D eigenvalue weighted by molar-refractivity contribution is -0.122. The summed E-state index contributed by atoms with van der Waals surface area (Å²) in [6.45, 7) is 4.97. The van der Waals surface area contributed by atoms with E-state index >= 15 is 0 Å². The number of amides is 3. The number of nitrogens with one attached hydrogen (secondary N) is 2. The molecule has 302 valence electrons. The molecule has 13 nitrogen and oxygen atoms in total. The van der Waals surface area contributed by atoms with Crippen LogP contribution in [-0.2, 0) is 49.9 Å². The Morgan fingerprint density at radius 2 is 1.55 bits per heavy atom. The van der Waals surface area contributed by atoms with Gasteiger partial charge in [0.05, 0.1) is 33.7 Å². The van der Waals surface area contributed by atoms with E-state index in [-0.39, 0.29) is 56.6 Å². The number of aldehydes is 2. The van der Waals surface area contributed by atoms with Crippen molar-refractivity contribution in [1.82, 2.24) is 25.5 Å². The van der Waals surface area contributed by atoms with Crippen LogP contribution in [0.15, 0.2) is 77.8 Å². The van der Waals surface area contributed by atoms with Gasteiger partial charge < -0.3 is 40.3 Å². The number of hydrogen-bond acceptors (Lipinski definition) is 12. The Labute approximate surface area is 337 Å². The molecular formula is C41H54N6O7S2. The number of urea groups is 1. The minimum Gasteiger partial charge on any atom is -0.444 e. The molecule has 2 aromatic heterocycles. The van der Waals surface area contributed by atoms with Gasteiger partial charge in [0.15, 0.2) is 5.78 Å². The topological polar surface area (TPSA) is 183 Å². The molecule has 0 saturated heterocycles. The standard InChI is InChI=1S/C37H48N6O4S2.C4H6O3/c1-26(2)35-40-31(24-48-35)22-43(3)36(45)42-33(16-17-38)34(44)20-29(18-27-10-6-4-7-11-27)14-15-30(19-28-12-8-5-9-13-28)41-37(46)47-23-32-21-39-25-49-32;5-1-3-7-4-2-6/h4-13,21,24-26,29-30,33H,14-20,22-23,38H2,1-3H3,(H,41,46)(H,42,45);1-2H,3-4H2/t29-,30-,33+;/m1./s1. The third kappa shape index (κ3) is 17.8. The molecule has 4 aromatic rings. The van der Waals surface area contributed by atoms with E-state index in [9.17, 15) is 24.0 Å². The molecule has 0 aliphatic heterocycles. The van der Waals surface area contributed by atoms with Crippen LogP contribution in [0.1, 0.15) is 72.2 Å². The van der Waals surface area contributed by atoms with Crippen molar-refractivity contribution in [2.45, 2.75) is 83.5 Å². The van der Waals surface area contributed by atoms with E-state index in [1.807, 2.05) is 53.9 Å². The molecule has 2 heterocycles. The number of thiazole rings is 2. The van der Waals surface area contributed by atoms with Crippen molar-refractivity contribution in [3.05, 3.63) is 104 Å². The number of nitrogens with zero attached hydrogens (tertiary/aromatic N) is 3. The molecule has 0 unspecified atom stereocenters. The van der Waals surface area contributed by atoms with E-state index in [4.69, 9.17) is 10.5 Å². The van der Waals surface area contributed by atoms with E-state index < -0.39 is 12.1 Å². The monoisotopic (exact) mass is 806 g/mol. The van der Waals surface area contributed by atoms with Crippen molar-refractivity contribution in [2.75, 3.05) is 26.8 Å². The van der Waals surface area contributed by atoms with E-state index in [2.05, 4.69) is 51.3 Å². The Kier molecular flexibility index (Phi) is 21.2. The van der Waals surface area contributed by atoms with Crippen LogP contribution in [0.4, 0.5) is 9.59 Å². The number of alkyl carbamates (subject to hydrolysis) is 1. The summed E-state index contributed by atoms with van der Waals surface area (Å²) in [5.41, 5.74) is 10.7. The Morgan fingerprint density at radius 3 is 2.12 bits per heavy atom. The molecule has 0 radical (unpaired) electrons. The molecule has 0 aliphatic rings. The normalized spacial score (nSPS) is 12.4. The summed E-state index contributed by atoms with van der Waals surface area (Å²) in [5.74, 6) is 0.239. The molecule has 4 N–H and O–H groups in total. The summed E-state index contributed by atoms with van der Waals surface area (Å²) in [5, 5.41) is 9.00. The Balaban J connectivity index is 0.00000109. The fourth-order valence-electron chi connectivity index (χ4n) is 5.75. The first-order valence-electron chi connectivity index (χ1n) is 18.6. The maximum atomic E-state index is 13.8. The fourth-order valence-corrected chi connectivity index (χ4v) is 7.08. The molecule has 0 aliphatic carbocycles. The molecule has 56 heavy (non-hydrogen) atoms. The zero-order valence-corrected chi connectivity index (χ0v) is 34.0. The highest BCUT2D eigenvalue weighted by molar-refractivity contribution is 7.09. The van der Waals surface area contributed by atoms with Crippen LogP contribution in [-0.4, -0.2) is 84.2 Å². The van der Waals surface area contributed by atoms with Gasteiger partial charge in [0.25, 0.3) is 0 Å².